The van der Waals surface area contributed by atoms with Gasteiger partial charge in [-0.2, -0.15) is 0 Å². The number of carbonyl (C=O) groups is 1. The van der Waals surface area contributed by atoms with Gasteiger partial charge in [-0.25, -0.2) is 0 Å². The zero-order chi connectivity index (χ0) is 12.1. The highest BCUT2D eigenvalue weighted by Crippen LogP contribution is 2.20. The lowest BCUT2D eigenvalue weighted by Gasteiger charge is -2.14. The molecule has 1 aromatic carbocycles. The van der Waals surface area contributed by atoms with E-state index in [1.807, 2.05) is 44.4 Å². The molecule has 0 radical (unpaired) electrons. The zero-order valence-corrected chi connectivity index (χ0v) is 12.1. The molecule has 0 bridgehead atoms. The summed E-state index contributed by atoms with van der Waals surface area (Å²) < 4.78 is 0. The van der Waals surface area contributed by atoms with Crippen molar-refractivity contribution in [3.8, 4) is 0 Å². The Morgan fingerprint density at radius 1 is 1.44 bits per heavy atom. The van der Waals surface area contributed by atoms with Crippen LogP contribution in [0.1, 0.15) is 13.8 Å². The largest absolute Gasteiger partial charge is 0.325 e. The van der Waals surface area contributed by atoms with Gasteiger partial charge in [-0.1, -0.05) is 35.8 Å². The molecule has 1 unspecified atom stereocenters. The molecule has 1 atom stereocenters. The molecule has 0 fully saturated rings. The first-order valence-corrected chi connectivity index (χ1v) is 7.27. The molecule has 4 heteroatoms. The fourth-order valence-corrected chi connectivity index (χ4v) is 1.79. The SMILES string of the molecule is CSc1cccc(NC(=O)C(Br)C(C)C)c1. The number of hydrogen-bond donors (Lipinski definition) is 1. The smallest absolute Gasteiger partial charge is 0.238 e. The van der Waals surface area contributed by atoms with Gasteiger partial charge in [-0.15, -0.1) is 11.8 Å². The second-order valence-corrected chi connectivity index (χ2v) is 5.73. The van der Waals surface area contributed by atoms with Gasteiger partial charge in [0.05, 0.1) is 4.83 Å². The van der Waals surface area contributed by atoms with Crippen LogP contribution in [0.5, 0.6) is 0 Å². The molecule has 0 aliphatic heterocycles. The summed E-state index contributed by atoms with van der Waals surface area (Å²) in [5, 5.41) is 2.90. The minimum Gasteiger partial charge on any atom is -0.325 e. The number of carbonyl (C=O) groups excluding carboxylic acids is 1. The third kappa shape index (κ3) is 3.83. The van der Waals surface area contributed by atoms with E-state index in [1.165, 1.54) is 0 Å². The van der Waals surface area contributed by atoms with Crippen LogP contribution in [0.4, 0.5) is 5.69 Å². The lowest BCUT2D eigenvalue weighted by Crippen LogP contribution is -2.26. The molecule has 0 aliphatic rings. The monoisotopic (exact) mass is 301 g/mol. The van der Waals surface area contributed by atoms with Crippen LogP contribution in [0, 0.1) is 5.92 Å². The zero-order valence-electron chi connectivity index (χ0n) is 9.66. The third-order valence-electron chi connectivity index (χ3n) is 2.17. The van der Waals surface area contributed by atoms with E-state index in [2.05, 4.69) is 21.2 Å². The molecule has 1 amide bonds. The number of nitrogens with one attached hydrogen (secondary N) is 1. The average molecular weight is 302 g/mol. The highest BCUT2D eigenvalue weighted by atomic mass is 79.9. The van der Waals surface area contributed by atoms with Crippen molar-refractivity contribution in [1.82, 2.24) is 0 Å². The van der Waals surface area contributed by atoms with Gasteiger partial charge in [0.25, 0.3) is 0 Å². The van der Waals surface area contributed by atoms with Crippen molar-refractivity contribution in [1.29, 1.82) is 0 Å². The van der Waals surface area contributed by atoms with Gasteiger partial charge in [0.1, 0.15) is 0 Å². The van der Waals surface area contributed by atoms with Crippen LogP contribution in [0.3, 0.4) is 0 Å². The molecule has 0 heterocycles. The highest BCUT2D eigenvalue weighted by molar-refractivity contribution is 9.10. The van der Waals surface area contributed by atoms with Crippen LogP contribution in [-0.2, 0) is 4.79 Å². The van der Waals surface area contributed by atoms with Crippen molar-refractivity contribution in [2.24, 2.45) is 5.92 Å². The maximum absolute atomic E-state index is 11.8. The van der Waals surface area contributed by atoms with E-state index in [0.717, 1.165) is 10.6 Å². The molecule has 0 aromatic heterocycles. The van der Waals surface area contributed by atoms with Crippen molar-refractivity contribution < 1.29 is 4.79 Å². The Morgan fingerprint density at radius 2 is 2.12 bits per heavy atom. The Hall–Kier alpha value is -0.480. The summed E-state index contributed by atoms with van der Waals surface area (Å²) in [6.45, 7) is 4.02. The third-order valence-corrected chi connectivity index (χ3v) is 4.37. The summed E-state index contributed by atoms with van der Waals surface area (Å²) in [5.41, 5.74) is 0.849. The Balaban J connectivity index is 2.69. The van der Waals surface area contributed by atoms with Gasteiger partial charge in [-0.3, -0.25) is 4.79 Å². The molecule has 1 N–H and O–H groups in total. The average Bonchev–Trinajstić information content (AvgIpc) is 2.28. The summed E-state index contributed by atoms with van der Waals surface area (Å²) in [4.78, 5) is 12.8. The molecule has 16 heavy (non-hydrogen) atoms. The summed E-state index contributed by atoms with van der Waals surface area (Å²) in [7, 11) is 0. The van der Waals surface area contributed by atoms with Crippen LogP contribution in [-0.4, -0.2) is 17.0 Å². The second kappa shape index (κ2) is 6.30. The van der Waals surface area contributed by atoms with E-state index >= 15 is 0 Å². The molecular weight excluding hydrogens is 286 g/mol. The molecule has 88 valence electrons. The standard InChI is InChI=1S/C12H16BrNOS/c1-8(2)11(13)12(15)14-9-5-4-6-10(7-9)16-3/h4-8,11H,1-3H3,(H,14,15). The summed E-state index contributed by atoms with van der Waals surface area (Å²) >= 11 is 5.05. The fraction of sp³-hybridized carbons (Fsp3) is 0.417. The van der Waals surface area contributed by atoms with Gasteiger partial charge in [-0.05, 0) is 30.4 Å². The topological polar surface area (TPSA) is 29.1 Å². The van der Waals surface area contributed by atoms with E-state index in [9.17, 15) is 4.79 Å². The summed E-state index contributed by atoms with van der Waals surface area (Å²) in [6, 6.07) is 7.84. The second-order valence-electron chi connectivity index (χ2n) is 3.87. The van der Waals surface area contributed by atoms with E-state index in [-0.39, 0.29) is 16.7 Å². The molecule has 0 spiro atoms. The van der Waals surface area contributed by atoms with Gasteiger partial charge >= 0.3 is 0 Å². The van der Waals surface area contributed by atoms with Crippen LogP contribution < -0.4 is 5.32 Å². The summed E-state index contributed by atoms with van der Waals surface area (Å²) in [6.07, 6.45) is 2.02. The van der Waals surface area contributed by atoms with Gasteiger partial charge in [0.15, 0.2) is 0 Å². The van der Waals surface area contributed by atoms with Crippen LogP contribution in [0.25, 0.3) is 0 Å². The Labute approximate surface area is 109 Å². The highest BCUT2D eigenvalue weighted by Gasteiger charge is 2.18. The number of alkyl halides is 1. The molecule has 2 nitrogen and oxygen atoms in total. The normalized spacial score (nSPS) is 12.6. The maximum atomic E-state index is 11.8. The first kappa shape index (κ1) is 13.6. The molecule has 0 saturated heterocycles. The fourth-order valence-electron chi connectivity index (χ4n) is 1.21. The lowest BCUT2D eigenvalue weighted by molar-refractivity contribution is -0.116. The van der Waals surface area contributed by atoms with Gasteiger partial charge in [0.2, 0.25) is 5.91 Å². The maximum Gasteiger partial charge on any atom is 0.238 e. The molecular formula is C12H16BrNOS. The van der Waals surface area contributed by atoms with Crippen LogP contribution >= 0.6 is 27.7 Å². The van der Waals surface area contributed by atoms with E-state index in [4.69, 9.17) is 0 Å². The number of amides is 1. The minimum absolute atomic E-state index is 0.00764. The van der Waals surface area contributed by atoms with Gasteiger partial charge in [0, 0.05) is 10.6 Å². The first-order valence-electron chi connectivity index (χ1n) is 5.13. The number of halogens is 1. The molecule has 0 aliphatic carbocycles. The van der Waals surface area contributed by atoms with Crippen molar-refractivity contribution in [3.63, 3.8) is 0 Å². The Morgan fingerprint density at radius 3 is 2.69 bits per heavy atom. The van der Waals surface area contributed by atoms with Gasteiger partial charge < -0.3 is 5.32 Å². The number of thioether (sulfide) groups is 1. The molecule has 1 rings (SSSR count). The first-order chi connectivity index (χ1) is 7.54. The quantitative estimate of drug-likeness (QED) is 0.677. The van der Waals surface area contributed by atoms with Crippen LogP contribution in [0.15, 0.2) is 29.2 Å². The predicted octanol–water partition coefficient (Wildman–Crippen LogP) is 3.77. The molecule has 1 aromatic rings. The number of rotatable bonds is 4. The van der Waals surface area contributed by atoms with E-state index in [1.54, 1.807) is 11.8 Å². The minimum atomic E-state index is -0.148. The number of benzene rings is 1. The molecule has 0 saturated carbocycles. The van der Waals surface area contributed by atoms with E-state index < -0.39 is 0 Å². The van der Waals surface area contributed by atoms with Crippen molar-refractivity contribution in [2.45, 2.75) is 23.6 Å². The predicted molar refractivity (Wildman–Crippen MR) is 74.4 cm³/mol. The van der Waals surface area contributed by atoms with E-state index in [0.29, 0.717) is 0 Å². The van der Waals surface area contributed by atoms with Crippen molar-refractivity contribution in [3.05, 3.63) is 24.3 Å². The Bertz CT molecular complexity index is 368. The Kier molecular flexibility index (Phi) is 5.35. The van der Waals surface area contributed by atoms with Crippen LogP contribution in [0.2, 0.25) is 0 Å². The number of hydrogen-bond acceptors (Lipinski definition) is 2. The number of anilines is 1. The van der Waals surface area contributed by atoms with Crippen molar-refractivity contribution >= 4 is 39.3 Å². The summed E-state index contributed by atoms with van der Waals surface area (Å²) in [5.74, 6) is 0.289. The van der Waals surface area contributed by atoms with Crippen molar-refractivity contribution in [2.75, 3.05) is 11.6 Å². The lowest BCUT2D eigenvalue weighted by atomic mass is 10.1.